The van der Waals surface area contributed by atoms with Gasteiger partial charge >= 0.3 is 0 Å². The Kier molecular flexibility index (Phi) is 10.4. The van der Waals surface area contributed by atoms with E-state index in [9.17, 15) is 10.5 Å². The molecule has 402 valence electrons. The Morgan fingerprint density at radius 1 is 0.241 bits per heavy atom. The number of aromatic nitrogens is 4. The van der Waals surface area contributed by atoms with Crippen molar-refractivity contribution in [2.45, 2.75) is 0 Å². The number of rotatable bonds is 7. The summed E-state index contributed by atoms with van der Waals surface area (Å²) in [6, 6.07) is 104. The highest BCUT2D eigenvalue weighted by Gasteiger charge is 2.35. The fraction of sp³-hybridized carbons (Fsp3) is 0. The minimum atomic E-state index is 0.226. The summed E-state index contributed by atoms with van der Waals surface area (Å²) in [5.41, 5.74) is 18.3. The average Bonchev–Trinajstić information content (AvgIpc) is 1.62. The fourth-order valence-corrected chi connectivity index (χ4v) is 14.3. The zero-order chi connectivity index (χ0) is 57.4. The second kappa shape index (κ2) is 18.7. The lowest BCUT2D eigenvalue weighted by Gasteiger charge is -2.28. The zero-order valence-electron chi connectivity index (χ0n) is 46.6. The van der Waals surface area contributed by atoms with Crippen LogP contribution in [0.5, 0.6) is 0 Å². The predicted octanol–water partition coefficient (Wildman–Crippen LogP) is 20.7. The van der Waals surface area contributed by atoms with Crippen molar-refractivity contribution < 1.29 is 4.42 Å². The maximum absolute atomic E-state index is 12.7. The highest BCUT2D eigenvalue weighted by atomic mass is 16.3. The molecule has 0 amide bonds. The Labute approximate surface area is 498 Å². The lowest BCUT2D eigenvalue weighted by Crippen LogP contribution is -2.17. The third kappa shape index (κ3) is 6.91. The van der Waals surface area contributed by atoms with Gasteiger partial charge in [0.25, 0.3) is 0 Å². The molecule has 0 aliphatic rings. The van der Waals surface area contributed by atoms with E-state index in [0.717, 1.165) is 143 Å². The first-order valence-corrected chi connectivity index (χ1v) is 29.3. The molecule has 0 saturated carbocycles. The molecule has 0 aliphatic heterocycles. The number of nitriles is 2. The number of nitrogens with zero attached hydrogens (tertiary/aromatic N) is 6. The molecule has 0 unspecified atom stereocenters. The van der Waals surface area contributed by atoms with Crippen molar-refractivity contribution in [2.24, 2.45) is 0 Å². The van der Waals surface area contributed by atoms with Gasteiger partial charge in [0.1, 0.15) is 23.3 Å². The molecule has 7 nitrogen and oxygen atoms in total. The molecule has 0 atom stereocenters. The Morgan fingerprint density at radius 2 is 0.575 bits per heavy atom. The van der Waals surface area contributed by atoms with E-state index in [1.807, 2.05) is 18.2 Å². The molecule has 0 N–H and O–H groups in total. The Balaban J connectivity index is 1.13. The molecule has 7 heteroatoms. The Bertz CT molecular complexity index is 6020. The number of fused-ring (bicyclic) bond motifs is 16. The minimum Gasteiger partial charge on any atom is -0.456 e. The summed E-state index contributed by atoms with van der Waals surface area (Å²) in [5, 5.41) is 35.4. The van der Waals surface area contributed by atoms with Gasteiger partial charge in [0.05, 0.1) is 83.4 Å². The van der Waals surface area contributed by atoms with Crippen LogP contribution in [0.15, 0.2) is 283 Å². The first-order chi connectivity index (χ1) is 43.1. The third-order valence-corrected chi connectivity index (χ3v) is 18.0. The first kappa shape index (κ1) is 48.4. The second-order valence-corrected chi connectivity index (χ2v) is 22.5. The normalized spacial score (nSPS) is 11.9. The van der Waals surface area contributed by atoms with Crippen LogP contribution in [0.4, 0.5) is 0 Å². The number of para-hydroxylation sites is 5. The van der Waals surface area contributed by atoms with Gasteiger partial charge in [-0.3, -0.25) is 0 Å². The van der Waals surface area contributed by atoms with Crippen molar-refractivity contribution in [3.63, 3.8) is 0 Å². The fourth-order valence-electron chi connectivity index (χ4n) is 14.3. The van der Waals surface area contributed by atoms with Gasteiger partial charge < -0.3 is 22.7 Å². The van der Waals surface area contributed by atoms with E-state index in [2.05, 4.69) is 291 Å². The summed E-state index contributed by atoms with van der Waals surface area (Å²) in [7, 11) is 0. The Morgan fingerprint density at radius 3 is 1.00 bits per heavy atom. The number of benzene rings is 13. The van der Waals surface area contributed by atoms with Crippen molar-refractivity contribution in [1.29, 1.82) is 10.5 Å². The van der Waals surface area contributed by atoms with Crippen LogP contribution in [0.2, 0.25) is 0 Å². The molecule has 87 heavy (non-hydrogen) atoms. The van der Waals surface area contributed by atoms with E-state index < -0.39 is 0 Å². The van der Waals surface area contributed by atoms with E-state index >= 15 is 0 Å². The van der Waals surface area contributed by atoms with Crippen LogP contribution in [0.25, 0.3) is 165 Å². The van der Waals surface area contributed by atoms with Crippen LogP contribution in [-0.4, -0.2) is 18.3 Å². The SMILES string of the molecule is N#Cc1c(C#N)c(-n2c3ccccc3c3ccc4oc5ccccc5c4c32)c(-n2c3ccccc3c3cc(-c4ccccc4)ccc32)c(-n2c3ccccc3c3cc(-c4ccccc4)ccc32)c1-n1c2ccccc2c2cc(-c3ccccc3)ccc21. The molecular formula is C80H46N6O. The topological polar surface area (TPSA) is 80.4 Å². The van der Waals surface area contributed by atoms with E-state index in [4.69, 9.17) is 4.42 Å². The quantitative estimate of drug-likeness (QED) is 0.159. The standard InChI is InChI=1S/C80H46N6O/c81-47-64-65(48-82)78(86-69-34-18-10-26-55(69)59-39-43-74-75(76(59)86)60-30-14-19-35-73(60)87-74)80(85-68-33-17-13-29-58(68)63-46-54(38-42-72(63)85)51-24-8-3-9-25-51)79(84-67-32-16-12-28-57(67)62-45-53(37-41-71(62)84)50-22-6-2-7-23-50)77(64)83-66-31-15-11-27-56(66)61-44-52(36-40-70(61)83)49-20-4-1-5-21-49/h1-46H. The van der Waals surface area contributed by atoms with Crippen LogP contribution in [0.1, 0.15) is 11.1 Å². The summed E-state index contributed by atoms with van der Waals surface area (Å²) >= 11 is 0. The monoisotopic (exact) mass is 1110 g/mol. The van der Waals surface area contributed by atoms with Gasteiger partial charge in [-0.1, -0.05) is 200 Å². The molecule has 0 radical (unpaired) electrons. The largest absolute Gasteiger partial charge is 0.456 e. The van der Waals surface area contributed by atoms with Crippen molar-refractivity contribution >= 4 is 109 Å². The summed E-state index contributed by atoms with van der Waals surface area (Å²) in [6.45, 7) is 0. The predicted molar refractivity (Wildman–Crippen MR) is 357 cm³/mol. The summed E-state index contributed by atoms with van der Waals surface area (Å²) in [5.74, 6) is 0. The molecule has 0 bridgehead atoms. The van der Waals surface area contributed by atoms with Gasteiger partial charge in [0.15, 0.2) is 0 Å². The highest BCUT2D eigenvalue weighted by Crippen LogP contribution is 2.51. The summed E-state index contributed by atoms with van der Waals surface area (Å²) in [4.78, 5) is 0. The smallest absolute Gasteiger partial charge is 0.137 e. The van der Waals surface area contributed by atoms with Gasteiger partial charge in [-0.05, 0) is 112 Å². The lowest BCUT2D eigenvalue weighted by atomic mass is 9.98. The van der Waals surface area contributed by atoms with Crippen molar-refractivity contribution in [1.82, 2.24) is 18.3 Å². The molecule has 0 saturated heterocycles. The lowest BCUT2D eigenvalue weighted by molar-refractivity contribution is 0.669. The van der Waals surface area contributed by atoms with Crippen LogP contribution in [-0.2, 0) is 0 Å². The van der Waals surface area contributed by atoms with Gasteiger partial charge in [-0.2, -0.15) is 10.5 Å². The number of furan rings is 1. The summed E-state index contributed by atoms with van der Waals surface area (Å²) < 4.78 is 16.1. The second-order valence-electron chi connectivity index (χ2n) is 22.5. The van der Waals surface area contributed by atoms with E-state index in [0.29, 0.717) is 22.6 Å². The zero-order valence-corrected chi connectivity index (χ0v) is 46.6. The molecule has 0 aliphatic carbocycles. The van der Waals surface area contributed by atoms with Crippen molar-refractivity contribution in [3.05, 3.63) is 290 Å². The highest BCUT2D eigenvalue weighted by molar-refractivity contribution is 6.25. The molecule has 5 aromatic heterocycles. The van der Waals surface area contributed by atoms with Gasteiger partial charge in [0, 0.05) is 48.5 Å². The molecule has 18 aromatic rings. The van der Waals surface area contributed by atoms with Gasteiger partial charge in [-0.15, -0.1) is 0 Å². The molecular weight excluding hydrogens is 1060 g/mol. The number of hydrogen-bond acceptors (Lipinski definition) is 3. The minimum absolute atomic E-state index is 0.226. The molecule has 5 heterocycles. The van der Waals surface area contributed by atoms with E-state index in [1.165, 1.54) is 0 Å². The molecule has 13 aromatic carbocycles. The van der Waals surface area contributed by atoms with E-state index in [-0.39, 0.29) is 11.1 Å². The van der Waals surface area contributed by atoms with Crippen LogP contribution < -0.4 is 0 Å². The van der Waals surface area contributed by atoms with Crippen LogP contribution in [0.3, 0.4) is 0 Å². The van der Waals surface area contributed by atoms with Crippen LogP contribution in [0, 0.1) is 22.7 Å². The molecule has 0 fully saturated rings. The first-order valence-electron chi connectivity index (χ1n) is 29.3. The molecule has 0 spiro atoms. The maximum atomic E-state index is 12.7. The van der Waals surface area contributed by atoms with E-state index in [1.54, 1.807) is 0 Å². The Hall–Kier alpha value is -12.2. The van der Waals surface area contributed by atoms with Crippen LogP contribution >= 0.6 is 0 Å². The number of hydrogen-bond donors (Lipinski definition) is 0. The summed E-state index contributed by atoms with van der Waals surface area (Å²) in [6.07, 6.45) is 0. The van der Waals surface area contributed by atoms with Gasteiger partial charge in [-0.25, -0.2) is 0 Å². The van der Waals surface area contributed by atoms with Crippen molar-refractivity contribution in [3.8, 4) is 68.3 Å². The maximum Gasteiger partial charge on any atom is 0.137 e. The third-order valence-electron chi connectivity index (χ3n) is 18.0. The van der Waals surface area contributed by atoms with Gasteiger partial charge in [0.2, 0.25) is 0 Å². The van der Waals surface area contributed by atoms with Crippen molar-refractivity contribution in [2.75, 3.05) is 0 Å². The average molecular weight is 1110 g/mol. The molecule has 18 rings (SSSR count).